The summed E-state index contributed by atoms with van der Waals surface area (Å²) < 4.78 is 1.15. The normalized spacial score (nSPS) is 24.8. The molecular formula is C15H22BrNS. The van der Waals surface area contributed by atoms with Crippen LogP contribution in [0, 0.1) is 5.41 Å². The molecule has 1 fully saturated rings. The number of hydrogen-bond acceptors (Lipinski definition) is 2. The summed E-state index contributed by atoms with van der Waals surface area (Å²) in [4.78, 5) is 0. The predicted molar refractivity (Wildman–Crippen MR) is 85.2 cm³/mol. The van der Waals surface area contributed by atoms with Crippen molar-refractivity contribution in [3.63, 3.8) is 0 Å². The second-order valence-corrected chi connectivity index (χ2v) is 7.87. The maximum atomic E-state index is 3.81. The fraction of sp³-hybridized carbons (Fsp3) is 0.600. The minimum Gasteiger partial charge on any atom is -0.306 e. The quantitative estimate of drug-likeness (QED) is 0.868. The lowest BCUT2D eigenvalue weighted by Crippen LogP contribution is -2.47. The van der Waals surface area contributed by atoms with Crippen molar-refractivity contribution in [3.8, 4) is 0 Å². The zero-order chi connectivity index (χ0) is 13.2. The molecule has 1 aromatic rings. The number of rotatable bonds is 3. The lowest BCUT2D eigenvalue weighted by molar-refractivity contribution is 0.232. The topological polar surface area (TPSA) is 12.0 Å². The molecule has 1 saturated heterocycles. The van der Waals surface area contributed by atoms with Gasteiger partial charge in [-0.25, -0.2) is 0 Å². The molecule has 1 nitrogen and oxygen atoms in total. The third-order valence-corrected chi connectivity index (χ3v) is 5.53. The maximum Gasteiger partial charge on any atom is 0.0294 e. The van der Waals surface area contributed by atoms with E-state index in [4.69, 9.17) is 0 Å². The van der Waals surface area contributed by atoms with E-state index in [0.29, 0.717) is 17.5 Å². The third kappa shape index (κ3) is 3.52. The van der Waals surface area contributed by atoms with Gasteiger partial charge >= 0.3 is 0 Å². The molecule has 18 heavy (non-hydrogen) atoms. The predicted octanol–water partition coefficient (Wildman–Crippen LogP) is 4.63. The Morgan fingerprint density at radius 2 is 2.00 bits per heavy atom. The molecule has 3 heteroatoms. The van der Waals surface area contributed by atoms with Crippen LogP contribution in [0.3, 0.4) is 0 Å². The minimum absolute atomic E-state index is 0.412. The number of benzene rings is 1. The van der Waals surface area contributed by atoms with Crippen molar-refractivity contribution in [2.75, 3.05) is 11.5 Å². The van der Waals surface area contributed by atoms with Crippen LogP contribution in [0.15, 0.2) is 28.7 Å². The molecule has 2 unspecified atom stereocenters. The SMILES string of the molecule is CC(NC1CSCCC1(C)C)c1ccc(Br)cc1. The van der Waals surface area contributed by atoms with Gasteiger partial charge in [-0.1, -0.05) is 41.9 Å². The van der Waals surface area contributed by atoms with E-state index in [1.54, 1.807) is 0 Å². The molecule has 2 atom stereocenters. The fourth-order valence-electron chi connectivity index (χ4n) is 2.36. The van der Waals surface area contributed by atoms with Crippen LogP contribution in [-0.4, -0.2) is 17.5 Å². The van der Waals surface area contributed by atoms with Crippen molar-refractivity contribution in [1.29, 1.82) is 0 Å². The van der Waals surface area contributed by atoms with Crippen LogP contribution in [0.2, 0.25) is 0 Å². The highest BCUT2D eigenvalue weighted by Gasteiger charge is 2.33. The summed E-state index contributed by atoms with van der Waals surface area (Å²) in [5.74, 6) is 2.53. The molecule has 0 radical (unpaired) electrons. The molecule has 0 aromatic heterocycles. The van der Waals surface area contributed by atoms with E-state index in [-0.39, 0.29) is 0 Å². The lowest BCUT2D eigenvalue weighted by atomic mass is 9.81. The Morgan fingerprint density at radius 1 is 1.33 bits per heavy atom. The number of thioether (sulfide) groups is 1. The molecule has 1 aliphatic heterocycles. The summed E-state index contributed by atoms with van der Waals surface area (Å²) in [6, 6.07) is 9.66. The van der Waals surface area contributed by atoms with Crippen LogP contribution < -0.4 is 5.32 Å². The second kappa shape index (κ2) is 5.98. The van der Waals surface area contributed by atoms with Crippen molar-refractivity contribution < 1.29 is 0 Å². The van der Waals surface area contributed by atoms with Crippen molar-refractivity contribution in [3.05, 3.63) is 34.3 Å². The van der Waals surface area contributed by atoms with E-state index < -0.39 is 0 Å². The molecule has 0 amide bonds. The first-order chi connectivity index (χ1) is 8.49. The number of hydrogen-bond donors (Lipinski definition) is 1. The molecule has 0 spiro atoms. The fourth-order valence-corrected chi connectivity index (χ4v) is 4.24. The van der Waals surface area contributed by atoms with E-state index in [1.165, 1.54) is 23.5 Å². The van der Waals surface area contributed by atoms with E-state index in [1.807, 2.05) is 0 Å². The van der Waals surface area contributed by atoms with Gasteiger partial charge in [0, 0.05) is 22.3 Å². The van der Waals surface area contributed by atoms with Gasteiger partial charge in [-0.05, 0) is 42.2 Å². The average molecular weight is 328 g/mol. The highest BCUT2D eigenvalue weighted by Crippen LogP contribution is 2.35. The second-order valence-electron chi connectivity index (χ2n) is 5.81. The monoisotopic (exact) mass is 327 g/mol. The van der Waals surface area contributed by atoms with Gasteiger partial charge < -0.3 is 5.32 Å². The average Bonchev–Trinajstić information content (AvgIpc) is 2.32. The van der Waals surface area contributed by atoms with Gasteiger partial charge in [0.25, 0.3) is 0 Å². The molecule has 1 heterocycles. The van der Waals surface area contributed by atoms with Crippen LogP contribution in [0.25, 0.3) is 0 Å². The smallest absolute Gasteiger partial charge is 0.0294 e. The van der Waals surface area contributed by atoms with Gasteiger partial charge in [-0.3, -0.25) is 0 Å². The van der Waals surface area contributed by atoms with Crippen molar-refractivity contribution in [2.24, 2.45) is 5.41 Å². The molecule has 0 bridgehead atoms. The number of nitrogens with one attached hydrogen (secondary N) is 1. The van der Waals surface area contributed by atoms with Gasteiger partial charge in [0.2, 0.25) is 0 Å². The van der Waals surface area contributed by atoms with E-state index in [0.717, 1.165) is 4.47 Å². The van der Waals surface area contributed by atoms with Crippen LogP contribution in [-0.2, 0) is 0 Å². The Kier molecular flexibility index (Phi) is 4.79. The van der Waals surface area contributed by atoms with E-state index in [9.17, 15) is 0 Å². The summed E-state index contributed by atoms with van der Waals surface area (Å²) in [7, 11) is 0. The molecular weight excluding hydrogens is 306 g/mol. The Bertz CT molecular complexity index is 388. The molecule has 0 saturated carbocycles. The van der Waals surface area contributed by atoms with Crippen LogP contribution in [0.5, 0.6) is 0 Å². The van der Waals surface area contributed by atoms with Gasteiger partial charge in [0.05, 0.1) is 0 Å². The van der Waals surface area contributed by atoms with Crippen LogP contribution in [0.1, 0.15) is 38.8 Å². The maximum absolute atomic E-state index is 3.81. The first kappa shape index (κ1) is 14.4. The van der Waals surface area contributed by atoms with Gasteiger partial charge in [-0.15, -0.1) is 0 Å². The van der Waals surface area contributed by atoms with Gasteiger partial charge in [0.15, 0.2) is 0 Å². The Balaban J connectivity index is 2.02. The molecule has 2 rings (SSSR count). The Labute approximate surface area is 123 Å². The lowest BCUT2D eigenvalue weighted by Gasteiger charge is -2.40. The minimum atomic E-state index is 0.412. The van der Waals surface area contributed by atoms with Crippen molar-refractivity contribution in [2.45, 2.75) is 39.3 Å². The van der Waals surface area contributed by atoms with Crippen molar-refractivity contribution >= 4 is 27.7 Å². The molecule has 1 aliphatic rings. The summed E-state index contributed by atoms with van der Waals surface area (Å²) in [6.45, 7) is 7.04. The first-order valence-electron chi connectivity index (χ1n) is 6.58. The van der Waals surface area contributed by atoms with Crippen LogP contribution in [0.4, 0.5) is 0 Å². The highest BCUT2D eigenvalue weighted by atomic mass is 79.9. The van der Waals surface area contributed by atoms with Gasteiger partial charge in [0.1, 0.15) is 0 Å². The van der Waals surface area contributed by atoms with Gasteiger partial charge in [-0.2, -0.15) is 11.8 Å². The first-order valence-corrected chi connectivity index (χ1v) is 8.53. The summed E-state index contributed by atoms with van der Waals surface area (Å²) in [6.07, 6.45) is 1.31. The van der Waals surface area contributed by atoms with E-state index in [2.05, 4.69) is 78.0 Å². The Morgan fingerprint density at radius 3 is 2.61 bits per heavy atom. The van der Waals surface area contributed by atoms with E-state index >= 15 is 0 Å². The molecule has 1 N–H and O–H groups in total. The zero-order valence-corrected chi connectivity index (χ0v) is 13.8. The molecule has 0 aliphatic carbocycles. The highest BCUT2D eigenvalue weighted by molar-refractivity contribution is 9.10. The van der Waals surface area contributed by atoms with Crippen molar-refractivity contribution in [1.82, 2.24) is 5.32 Å². The number of halogens is 1. The Hall–Kier alpha value is 0.01000. The summed E-state index contributed by atoms with van der Waals surface area (Å²) in [5, 5.41) is 3.81. The standard InChI is InChI=1S/C15H22BrNS/c1-11(12-4-6-13(16)7-5-12)17-14-10-18-9-8-15(14,2)3/h4-7,11,14,17H,8-10H2,1-3H3. The molecule has 1 aromatic carbocycles. The van der Waals surface area contributed by atoms with Crippen LogP contribution >= 0.6 is 27.7 Å². The zero-order valence-electron chi connectivity index (χ0n) is 11.4. The molecule has 100 valence electrons. The summed E-state index contributed by atoms with van der Waals surface area (Å²) >= 11 is 5.56. The third-order valence-electron chi connectivity index (χ3n) is 3.94. The summed E-state index contributed by atoms with van der Waals surface area (Å²) in [5.41, 5.74) is 1.78. The largest absolute Gasteiger partial charge is 0.306 e.